The predicted octanol–water partition coefficient (Wildman–Crippen LogP) is 21.7. The molecule has 0 aliphatic heterocycles. The number of aromatic nitrogens is 4. The molecule has 10 nitrogen and oxygen atoms in total. The zero-order valence-electron chi connectivity index (χ0n) is 47.7. The van der Waals surface area contributed by atoms with Crippen molar-refractivity contribution in [3.8, 4) is 22.7 Å². The minimum atomic E-state index is 0.572. The van der Waals surface area contributed by atoms with Gasteiger partial charge in [0.1, 0.15) is 44.7 Å². The zero-order chi connectivity index (χ0) is 58.8. The summed E-state index contributed by atoms with van der Waals surface area (Å²) in [5.74, 6) is 0. The molecule has 8 aromatic heterocycles. The van der Waals surface area contributed by atoms with Gasteiger partial charge in [-0.1, -0.05) is 146 Å². The van der Waals surface area contributed by atoms with Crippen LogP contribution < -0.4 is 0 Å². The number of rotatable bonds is 6. The number of furan rings is 4. The van der Waals surface area contributed by atoms with Gasteiger partial charge in [-0.3, -0.25) is 0 Å². The lowest BCUT2D eigenvalue weighted by Crippen LogP contribution is -2.18. The fourth-order valence-electron chi connectivity index (χ4n) is 15.8. The third-order valence-corrected chi connectivity index (χ3v) is 19.4. The van der Waals surface area contributed by atoms with Crippen LogP contribution in [-0.4, -0.2) is 30.7 Å². The molecule has 0 saturated carbocycles. The molecule has 0 saturated heterocycles. The summed E-state index contributed by atoms with van der Waals surface area (Å²) in [7, 11) is 0. The first kappa shape index (κ1) is 47.8. The maximum absolute atomic E-state index is 10.4. The van der Waals surface area contributed by atoms with Gasteiger partial charge in [-0.15, -0.1) is 0 Å². The Balaban J connectivity index is 1.05. The van der Waals surface area contributed by atoms with E-state index in [9.17, 15) is 10.8 Å². The number of para-hydroxylation sites is 8. The topological polar surface area (TPSA) is 120 Å². The summed E-state index contributed by atoms with van der Waals surface area (Å²) in [6, 6.07) is 84.8. The van der Waals surface area contributed by atoms with E-state index in [0.717, 1.165) is 181 Å². The summed E-state index contributed by atoms with van der Waals surface area (Å²) in [6.45, 7) is 0. The first-order valence-corrected chi connectivity index (χ1v) is 30.2. The minimum absolute atomic E-state index is 0.572. The van der Waals surface area contributed by atoms with E-state index in [1.807, 2.05) is 48.5 Å². The van der Waals surface area contributed by atoms with Crippen LogP contribution in [0.5, 0.6) is 0 Å². The highest BCUT2D eigenvalue weighted by Crippen LogP contribution is 2.52. The number of hydrogen-bond donors (Lipinski definition) is 2. The Morgan fingerprint density at radius 2 is 0.444 bits per heavy atom. The van der Waals surface area contributed by atoms with Crippen LogP contribution in [0.15, 0.2) is 260 Å². The molecular formula is C80H44N6O4. The summed E-state index contributed by atoms with van der Waals surface area (Å²) in [5, 5.41) is 36.7. The number of nitrogens with zero attached hydrogens (tertiary/aromatic N) is 4. The highest BCUT2D eigenvalue weighted by atomic mass is 16.3. The smallest absolute Gasteiger partial charge is 0.145 e. The standard InChI is InChI=1S/C80H44N6O4/c81-41-55-73(83-57-25-9-1-21-51(57)69-61(83)37-33-47-43-17-5-13-29-65(43)87-77(47)69)56(42-82)75(85-59-27-11-3-23-53(59)71-63(85)39-35-49-45-19-7-15-31-67(45)89-79(49)71)76(86-60-28-12-4-24-54(60)72-64(86)40-36-50-46-20-8-16-32-68(46)90-80(50)72)74(55)84-58-26-10-2-22-52(58)70-62(84)38-34-48-44-18-6-14-30-66(44)88-78(48)70/h1-42,81-82H. The van der Waals surface area contributed by atoms with E-state index >= 15 is 0 Å². The first-order valence-electron chi connectivity index (χ1n) is 30.2. The lowest BCUT2D eigenvalue weighted by Gasteiger charge is -2.28. The molecule has 418 valence electrons. The van der Waals surface area contributed by atoms with Crippen LogP contribution >= 0.6 is 0 Å². The van der Waals surface area contributed by atoms with Crippen molar-refractivity contribution < 1.29 is 17.7 Å². The van der Waals surface area contributed by atoms with Crippen LogP contribution in [0, 0.1) is 10.8 Å². The Morgan fingerprint density at radius 1 is 0.211 bits per heavy atom. The van der Waals surface area contributed by atoms with Gasteiger partial charge in [-0.25, -0.2) is 0 Å². The van der Waals surface area contributed by atoms with Gasteiger partial charge in [0, 0.05) is 88.2 Å². The molecule has 0 amide bonds. The van der Waals surface area contributed by atoms with Gasteiger partial charge < -0.3 is 46.8 Å². The van der Waals surface area contributed by atoms with E-state index in [4.69, 9.17) is 17.7 Å². The van der Waals surface area contributed by atoms with Crippen LogP contribution in [0.4, 0.5) is 0 Å². The van der Waals surface area contributed by atoms with Crippen molar-refractivity contribution in [1.82, 2.24) is 18.3 Å². The summed E-state index contributed by atoms with van der Waals surface area (Å²) < 4.78 is 37.5. The molecule has 0 spiro atoms. The second kappa shape index (κ2) is 17.2. The largest absolute Gasteiger partial charge is 0.455 e. The Labute approximate surface area is 508 Å². The monoisotopic (exact) mass is 1150 g/mol. The van der Waals surface area contributed by atoms with Crippen LogP contribution in [-0.2, 0) is 0 Å². The first-order chi connectivity index (χ1) is 44.6. The Bertz CT molecular complexity index is 6620. The van der Waals surface area contributed by atoms with E-state index in [2.05, 4.69) is 212 Å². The maximum atomic E-state index is 10.4. The van der Waals surface area contributed by atoms with Crippen LogP contribution in [0.2, 0.25) is 0 Å². The van der Waals surface area contributed by atoms with Crippen molar-refractivity contribution in [2.24, 2.45) is 0 Å². The van der Waals surface area contributed by atoms with Crippen LogP contribution in [0.25, 0.3) is 198 Å². The van der Waals surface area contributed by atoms with Gasteiger partial charge in [0.05, 0.1) is 88.4 Å². The Kier molecular flexibility index (Phi) is 9.13. The molecular weight excluding hydrogens is 1110 g/mol. The van der Waals surface area contributed by atoms with E-state index in [1.165, 1.54) is 12.4 Å². The number of benzene rings is 13. The van der Waals surface area contributed by atoms with E-state index in [1.54, 1.807) is 0 Å². The van der Waals surface area contributed by atoms with Crippen molar-refractivity contribution >= 4 is 187 Å². The van der Waals surface area contributed by atoms with Crippen LogP contribution in [0.1, 0.15) is 11.1 Å². The minimum Gasteiger partial charge on any atom is -0.455 e. The highest BCUT2D eigenvalue weighted by Gasteiger charge is 2.35. The lowest BCUT2D eigenvalue weighted by molar-refractivity contribution is 0.672. The Morgan fingerprint density at radius 3 is 0.722 bits per heavy atom. The summed E-state index contributed by atoms with van der Waals surface area (Å²) in [5.41, 5.74) is 17.3. The van der Waals surface area contributed by atoms with Crippen molar-refractivity contribution in [1.29, 1.82) is 10.8 Å². The Hall–Kier alpha value is -12.4. The molecule has 0 aliphatic carbocycles. The molecule has 13 aromatic carbocycles. The molecule has 0 fully saturated rings. The maximum Gasteiger partial charge on any atom is 0.145 e. The van der Waals surface area contributed by atoms with Crippen molar-refractivity contribution in [2.75, 3.05) is 0 Å². The third-order valence-electron chi connectivity index (χ3n) is 19.4. The summed E-state index contributed by atoms with van der Waals surface area (Å²) >= 11 is 0. The normalized spacial score (nSPS) is 12.5. The second-order valence-electron chi connectivity index (χ2n) is 23.7. The molecule has 0 bridgehead atoms. The molecule has 10 heteroatoms. The molecule has 0 aliphatic rings. The van der Waals surface area contributed by atoms with Gasteiger partial charge in [-0.2, -0.15) is 0 Å². The molecule has 0 unspecified atom stereocenters. The number of hydrogen-bond acceptors (Lipinski definition) is 6. The van der Waals surface area contributed by atoms with Gasteiger partial charge in [0.25, 0.3) is 0 Å². The highest BCUT2D eigenvalue weighted by molar-refractivity contribution is 6.30. The van der Waals surface area contributed by atoms with Gasteiger partial charge >= 0.3 is 0 Å². The third kappa shape index (κ3) is 5.88. The number of nitrogens with one attached hydrogen (secondary N) is 2. The fraction of sp³-hybridized carbons (Fsp3) is 0. The molecule has 21 aromatic rings. The van der Waals surface area contributed by atoms with Crippen LogP contribution in [0.3, 0.4) is 0 Å². The van der Waals surface area contributed by atoms with E-state index < -0.39 is 0 Å². The van der Waals surface area contributed by atoms with Gasteiger partial charge in [-0.05, 0) is 97.1 Å². The molecule has 21 rings (SSSR count). The van der Waals surface area contributed by atoms with Crippen molar-refractivity contribution in [3.63, 3.8) is 0 Å². The van der Waals surface area contributed by atoms with E-state index in [-0.39, 0.29) is 0 Å². The SMILES string of the molecule is N=Cc1c(-n2c3ccccc3c3c4oc5ccccc5c4ccc32)c(C=N)c(-n2c3ccccc3c3c4oc5ccccc5c4ccc32)c(-n2c3ccccc3c3c4oc5ccccc5c4ccc32)c1-n1c2ccccc2c2c3oc4ccccc4c3ccc21. The van der Waals surface area contributed by atoms with Gasteiger partial charge in [0.2, 0.25) is 0 Å². The summed E-state index contributed by atoms with van der Waals surface area (Å²) in [6.07, 6.45) is 3.03. The fourth-order valence-corrected chi connectivity index (χ4v) is 15.8. The molecule has 0 radical (unpaired) electrons. The molecule has 8 heterocycles. The average molecular weight is 1150 g/mol. The molecule has 2 N–H and O–H groups in total. The molecule has 0 atom stereocenters. The van der Waals surface area contributed by atoms with E-state index in [0.29, 0.717) is 28.2 Å². The average Bonchev–Trinajstić information content (AvgIpc) is 1.47. The van der Waals surface area contributed by atoms with Crippen molar-refractivity contribution in [3.05, 3.63) is 254 Å². The van der Waals surface area contributed by atoms with Crippen molar-refractivity contribution in [2.45, 2.75) is 0 Å². The summed E-state index contributed by atoms with van der Waals surface area (Å²) in [4.78, 5) is 0. The predicted molar refractivity (Wildman–Crippen MR) is 369 cm³/mol. The molecule has 90 heavy (non-hydrogen) atoms. The lowest BCUT2D eigenvalue weighted by atomic mass is 9.98. The zero-order valence-corrected chi connectivity index (χ0v) is 47.7. The van der Waals surface area contributed by atoms with Gasteiger partial charge in [0.15, 0.2) is 0 Å². The second-order valence-corrected chi connectivity index (χ2v) is 23.7. The number of fused-ring (bicyclic) bond motifs is 28. The quantitative estimate of drug-likeness (QED) is 0.161.